The lowest BCUT2D eigenvalue weighted by atomic mass is 10.2. The Balaban J connectivity index is 2.29. The molecule has 2 rings (SSSR count). The maximum atomic E-state index is 12.3. The van der Waals surface area contributed by atoms with E-state index in [4.69, 9.17) is 0 Å². The van der Waals surface area contributed by atoms with E-state index >= 15 is 0 Å². The van der Waals surface area contributed by atoms with Crippen molar-refractivity contribution in [3.05, 3.63) is 29.9 Å². The summed E-state index contributed by atoms with van der Waals surface area (Å²) in [7, 11) is 0. The van der Waals surface area contributed by atoms with Crippen molar-refractivity contribution in [2.75, 3.05) is 0 Å². The normalized spacial score (nSPS) is 12.1. The van der Waals surface area contributed by atoms with Crippen LogP contribution in [0.4, 0.5) is 13.2 Å². The van der Waals surface area contributed by atoms with Crippen molar-refractivity contribution in [1.82, 2.24) is 15.1 Å². The van der Waals surface area contributed by atoms with Crippen LogP contribution < -0.4 is 0 Å². The van der Waals surface area contributed by atoms with Crippen molar-refractivity contribution < 1.29 is 17.7 Å². The van der Waals surface area contributed by atoms with Gasteiger partial charge in [0.15, 0.2) is 0 Å². The Hall–Kier alpha value is -0.960. The largest absolute Gasteiger partial charge is 0.471 e. The summed E-state index contributed by atoms with van der Waals surface area (Å²) in [6.45, 7) is 0. The molecule has 2 aromatic rings. The van der Waals surface area contributed by atoms with E-state index in [0.29, 0.717) is 11.3 Å². The first-order chi connectivity index (χ1) is 8.38. The standard InChI is InChI=1S/C9H4Br2F3N3O/c10-6(11)5-2-1-4(3-15-5)7-16-8(18-17-7)9(12,13)14/h1-3,6H. The molecule has 0 saturated heterocycles. The van der Waals surface area contributed by atoms with Crippen LogP contribution in [0.25, 0.3) is 11.4 Å². The maximum absolute atomic E-state index is 12.3. The highest BCUT2D eigenvalue weighted by molar-refractivity contribution is 9.24. The second-order valence-corrected chi connectivity index (χ2v) is 6.25. The first-order valence-corrected chi connectivity index (χ1v) is 6.36. The summed E-state index contributed by atoms with van der Waals surface area (Å²) in [6, 6.07) is 3.19. The monoisotopic (exact) mass is 385 g/mol. The van der Waals surface area contributed by atoms with E-state index in [0.717, 1.165) is 0 Å². The summed E-state index contributed by atoms with van der Waals surface area (Å²) in [5.41, 5.74) is 1.02. The zero-order chi connectivity index (χ0) is 13.3. The molecule has 0 aliphatic heterocycles. The van der Waals surface area contributed by atoms with Crippen LogP contribution in [0.15, 0.2) is 22.9 Å². The Bertz CT molecular complexity index is 539. The molecule has 0 aromatic carbocycles. The van der Waals surface area contributed by atoms with Crippen LogP contribution in [0.3, 0.4) is 0 Å². The van der Waals surface area contributed by atoms with Crippen molar-refractivity contribution in [3.63, 3.8) is 0 Å². The van der Waals surface area contributed by atoms with Crippen molar-refractivity contribution >= 4 is 31.9 Å². The lowest BCUT2D eigenvalue weighted by Crippen LogP contribution is -2.04. The molecule has 0 aliphatic carbocycles. The smallest absolute Gasteiger partial charge is 0.329 e. The van der Waals surface area contributed by atoms with Crippen LogP contribution in [0.1, 0.15) is 15.3 Å². The van der Waals surface area contributed by atoms with Crippen LogP contribution >= 0.6 is 31.9 Å². The van der Waals surface area contributed by atoms with E-state index in [2.05, 4.69) is 51.5 Å². The quantitative estimate of drug-likeness (QED) is 0.733. The summed E-state index contributed by atoms with van der Waals surface area (Å²) in [5.74, 6) is -1.53. The number of halogens is 5. The lowest BCUT2D eigenvalue weighted by Gasteiger charge is -2.00. The van der Waals surface area contributed by atoms with Gasteiger partial charge in [-0.3, -0.25) is 4.98 Å². The summed E-state index contributed by atoms with van der Waals surface area (Å²) in [5, 5.41) is 3.26. The Morgan fingerprint density at radius 3 is 2.39 bits per heavy atom. The average molecular weight is 387 g/mol. The Labute approximate surface area is 116 Å². The highest BCUT2D eigenvalue weighted by Crippen LogP contribution is 2.30. The van der Waals surface area contributed by atoms with Gasteiger partial charge in [0.1, 0.15) is 3.74 Å². The maximum Gasteiger partial charge on any atom is 0.471 e. The number of nitrogens with zero attached hydrogens (tertiary/aromatic N) is 3. The molecule has 4 nitrogen and oxygen atoms in total. The summed E-state index contributed by atoms with van der Waals surface area (Å²) >= 11 is 6.50. The average Bonchev–Trinajstić information content (AvgIpc) is 2.78. The summed E-state index contributed by atoms with van der Waals surface area (Å²) in [4.78, 5) is 7.29. The fourth-order valence-electron chi connectivity index (χ4n) is 1.12. The van der Waals surface area contributed by atoms with Gasteiger partial charge >= 0.3 is 12.1 Å². The van der Waals surface area contributed by atoms with Gasteiger partial charge in [-0.1, -0.05) is 37.0 Å². The molecule has 0 amide bonds. The second kappa shape index (κ2) is 4.96. The number of pyridine rings is 1. The first kappa shape index (κ1) is 13.5. The molecular formula is C9H4Br2F3N3O. The fraction of sp³-hybridized carbons (Fsp3) is 0.222. The lowest BCUT2D eigenvalue weighted by molar-refractivity contribution is -0.159. The van der Waals surface area contributed by atoms with Crippen LogP contribution in [-0.2, 0) is 6.18 Å². The van der Waals surface area contributed by atoms with Gasteiger partial charge in [-0.15, -0.1) is 0 Å². The van der Waals surface area contributed by atoms with E-state index in [1.54, 1.807) is 12.1 Å². The van der Waals surface area contributed by atoms with E-state index < -0.39 is 12.1 Å². The molecule has 0 fully saturated rings. The van der Waals surface area contributed by atoms with Crippen LogP contribution in [0.2, 0.25) is 0 Å². The molecule has 0 atom stereocenters. The Kier molecular flexibility index (Phi) is 3.71. The molecule has 2 aromatic heterocycles. The summed E-state index contributed by atoms with van der Waals surface area (Å²) < 4.78 is 40.8. The minimum absolute atomic E-state index is 0.130. The zero-order valence-corrected chi connectivity index (χ0v) is 11.6. The third-order valence-electron chi connectivity index (χ3n) is 1.94. The van der Waals surface area contributed by atoms with Gasteiger partial charge in [-0.05, 0) is 12.1 Å². The van der Waals surface area contributed by atoms with Gasteiger partial charge in [0.25, 0.3) is 0 Å². The van der Waals surface area contributed by atoms with Crippen LogP contribution in [-0.4, -0.2) is 15.1 Å². The molecule has 0 radical (unpaired) electrons. The number of alkyl halides is 5. The third-order valence-corrected chi connectivity index (χ3v) is 2.87. The van der Waals surface area contributed by atoms with Gasteiger partial charge in [0.05, 0.1) is 5.69 Å². The molecular weight excluding hydrogens is 383 g/mol. The number of rotatable bonds is 2. The van der Waals surface area contributed by atoms with Gasteiger partial charge in [0.2, 0.25) is 5.82 Å². The highest BCUT2D eigenvalue weighted by atomic mass is 79.9. The first-order valence-electron chi connectivity index (χ1n) is 4.53. The minimum Gasteiger partial charge on any atom is -0.329 e. The van der Waals surface area contributed by atoms with Crippen LogP contribution in [0, 0.1) is 0 Å². The highest BCUT2D eigenvalue weighted by Gasteiger charge is 2.38. The number of aromatic nitrogens is 3. The second-order valence-electron chi connectivity index (χ2n) is 3.19. The molecule has 0 bridgehead atoms. The van der Waals surface area contributed by atoms with Crippen molar-refractivity contribution in [3.8, 4) is 11.4 Å². The fourth-order valence-corrected chi connectivity index (χ4v) is 1.66. The topological polar surface area (TPSA) is 51.8 Å². The Morgan fingerprint density at radius 2 is 1.94 bits per heavy atom. The van der Waals surface area contributed by atoms with Gasteiger partial charge in [-0.2, -0.15) is 18.2 Å². The Morgan fingerprint density at radius 1 is 1.22 bits per heavy atom. The van der Waals surface area contributed by atoms with Crippen LogP contribution in [0.5, 0.6) is 0 Å². The van der Waals surface area contributed by atoms with E-state index in [1.807, 2.05) is 0 Å². The van der Waals surface area contributed by atoms with Gasteiger partial charge in [-0.25, -0.2) is 0 Å². The predicted octanol–water partition coefficient (Wildman–Crippen LogP) is 3.94. The SMILES string of the molecule is FC(F)(F)c1nc(-c2ccc(C(Br)Br)nc2)no1. The molecule has 96 valence electrons. The number of hydrogen-bond acceptors (Lipinski definition) is 4. The van der Waals surface area contributed by atoms with Gasteiger partial charge < -0.3 is 4.52 Å². The molecule has 0 aliphatic rings. The molecule has 0 unspecified atom stereocenters. The molecule has 2 heterocycles. The molecule has 0 N–H and O–H groups in total. The van der Waals surface area contributed by atoms with E-state index in [9.17, 15) is 13.2 Å². The third kappa shape index (κ3) is 2.89. The van der Waals surface area contributed by atoms with Crippen molar-refractivity contribution in [1.29, 1.82) is 0 Å². The zero-order valence-electron chi connectivity index (χ0n) is 8.45. The van der Waals surface area contributed by atoms with Gasteiger partial charge in [0, 0.05) is 11.8 Å². The minimum atomic E-state index is -4.64. The molecule has 9 heteroatoms. The summed E-state index contributed by atoms with van der Waals surface area (Å²) in [6.07, 6.45) is -3.27. The molecule has 0 spiro atoms. The predicted molar refractivity (Wildman–Crippen MR) is 63.1 cm³/mol. The van der Waals surface area contributed by atoms with Crippen molar-refractivity contribution in [2.45, 2.75) is 9.91 Å². The molecule has 18 heavy (non-hydrogen) atoms. The number of hydrogen-bond donors (Lipinski definition) is 0. The molecule has 0 saturated carbocycles. The van der Waals surface area contributed by atoms with E-state index in [1.165, 1.54) is 6.20 Å². The van der Waals surface area contributed by atoms with E-state index in [-0.39, 0.29) is 9.56 Å². The van der Waals surface area contributed by atoms with Crippen molar-refractivity contribution in [2.24, 2.45) is 0 Å².